The Balaban J connectivity index is 1.61. The fourth-order valence-electron chi connectivity index (χ4n) is 5.19. The van der Waals surface area contributed by atoms with Gasteiger partial charge in [0.15, 0.2) is 0 Å². The van der Waals surface area contributed by atoms with Crippen LogP contribution in [0.25, 0.3) is 0 Å². The van der Waals surface area contributed by atoms with Crippen molar-refractivity contribution in [1.82, 2.24) is 4.31 Å². The summed E-state index contributed by atoms with van der Waals surface area (Å²) in [7, 11) is -3.65. The molecule has 0 aromatic heterocycles. The number of carbonyl (C=O) groups excluding carboxylic acids is 1. The summed E-state index contributed by atoms with van der Waals surface area (Å²) in [5.74, 6) is -0.895. The van der Waals surface area contributed by atoms with Gasteiger partial charge in [0, 0.05) is 43.2 Å². The molecule has 6 nitrogen and oxygen atoms in total. The molecule has 33 heavy (non-hydrogen) atoms. The molecule has 2 aliphatic rings. The lowest BCUT2D eigenvalue weighted by Gasteiger charge is -2.38. The smallest absolute Gasteiger partial charge is 0.221 e. The van der Waals surface area contributed by atoms with Crippen LogP contribution in [0, 0.1) is 5.82 Å². The Morgan fingerprint density at radius 2 is 1.85 bits per heavy atom. The summed E-state index contributed by atoms with van der Waals surface area (Å²) in [6.07, 6.45) is 2.56. The maximum Gasteiger partial charge on any atom is 0.221 e. The Labute approximate surface area is 195 Å². The van der Waals surface area contributed by atoms with Crippen molar-refractivity contribution in [3.63, 3.8) is 0 Å². The van der Waals surface area contributed by atoms with Crippen molar-refractivity contribution in [2.75, 3.05) is 13.2 Å². The summed E-state index contributed by atoms with van der Waals surface area (Å²) in [4.78, 5) is 11.7. The topological polar surface area (TPSA) is 89.7 Å². The monoisotopic (exact) mass is 474 g/mol. The third-order valence-electron chi connectivity index (χ3n) is 7.15. The van der Waals surface area contributed by atoms with Gasteiger partial charge in [0.2, 0.25) is 15.9 Å². The van der Waals surface area contributed by atoms with Gasteiger partial charge in [-0.1, -0.05) is 42.5 Å². The Bertz CT molecular complexity index is 1100. The van der Waals surface area contributed by atoms with E-state index in [9.17, 15) is 13.2 Å². The van der Waals surface area contributed by atoms with Crippen LogP contribution in [0.3, 0.4) is 0 Å². The van der Waals surface area contributed by atoms with E-state index in [0.717, 1.165) is 5.56 Å². The van der Waals surface area contributed by atoms with Crippen LogP contribution in [0.1, 0.15) is 61.0 Å². The predicted molar refractivity (Wildman–Crippen MR) is 124 cm³/mol. The zero-order chi connectivity index (χ0) is 23.6. The van der Waals surface area contributed by atoms with E-state index in [2.05, 4.69) is 0 Å². The molecule has 2 fully saturated rings. The number of hydrogen-bond donors (Lipinski definition) is 1. The summed E-state index contributed by atoms with van der Waals surface area (Å²) in [5, 5.41) is -0.627. The van der Waals surface area contributed by atoms with Gasteiger partial charge in [-0.15, -0.1) is 0 Å². The first-order chi connectivity index (χ1) is 15.7. The zero-order valence-electron chi connectivity index (χ0n) is 18.9. The number of ether oxygens (including phenoxy) is 1. The molecule has 2 heterocycles. The van der Waals surface area contributed by atoms with Crippen molar-refractivity contribution in [1.29, 1.82) is 0 Å². The summed E-state index contributed by atoms with van der Waals surface area (Å²) in [5.41, 5.74) is 6.74. The molecule has 2 aliphatic heterocycles. The number of halogens is 1. The number of sulfonamides is 1. The van der Waals surface area contributed by atoms with E-state index in [-0.39, 0.29) is 19.0 Å². The number of nitrogens with two attached hydrogens (primary N) is 1. The van der Waals surface area contributed by atoms with Gasteiger partial charge in [-0.25, -0.2) is 12.8 Å². The van der Waals surface area contributed by atoms with Gasteiger partial charge in [-0.05, 0) is 49.8 Å². The first-order valence-electron chi connectivity index (χ1n) is 11.4. The van der Waals surface area contributed by atoms with Crippen molar-refractivity contribution < 1.29 is 22.3 Å². The highest BCUT2D eigenvalue weighted by Gasteiger charge is 2.41. The number of nitrogens with zero attached hydrogens (tertiary/aromatic N) is 1. The molecule has 0 aliphatic carbocycles. The molecular weight excluding hydrogens is 443 g/mol. The third-order valence-corrected chi connectivity index (χ3v) is 9.52. The van der Waals surface area contributed by atoms with Crippen molar-refractivity contribution in [3.05, 3.63) is 71.0 Å². The van der Waals surface area contributed by atoms with Crippen LogP contribution in [0.15, 0.2) is 48.5 Å². The van der Waals surface area contributed by atoms with Crippen molar-refractivity contribution in [3.8, 4) is 0 Å². The second-order valence-electron chi connectivity index (χ2n) is 9.26. The molecule has 8 heteroatoms. The summed E-state index contributed by atoms with van der Waals surface area (Å²) in [6.45, 7) is 2.82. The lowest BCUT2D eigenvalue weighted by Crippen LogP contribution is -2.44. The highest BCUT2D eigenvalue weighted by atomic mass is 32.2. The minimum absolute atomic E-state index is 0.0229. The summed E-state index contributed by atoms with van der Waals surface area (Å²) in [6, 6.07) is 13.9. The van der Waals surface area contributed by atoms with Crippen LogP contribution in [0.2, 0.25) is 0 Å². The van der Waals surface area contributed by atoms with Gasteiger partial charge in [0.05, 0.1) is 0 Å². The predicted octanol–water partition coefficient (Wildman–Crippen LogP) is 3.80. The van der Waals surface area contributed by atoms with Crippen LogP contribution in [-0.2, 0) is 31.5 Å². The lowest BCUT2D eigenvalue weighted by molar-refractivity contribution is -0.120. The van der Waals surface area contributed by atoms with E-state index in [1.54, 1.807) is 6.07 Å². The van der Waals surface area contributed by atoms with E-state index in [1.165, 1.54) is 10.4 Å². The molecule has 0 spiro atoms. The first kappa shape index (κ1) is 23.9. The van der Waals surface area contributed by atoms with Crippen LogP contribution in [0.4, 0.5) is 4.39 Å². The summed E-state index contributed by atoms with van der Waals surface area (Å²) >= 11 is 0. The minimum Gasteiger partial charge on any atom is -0.381 e. The Hall–Kier alpha value is -2.29. The quantitative estimate of drug-likeness (QED) is 0.690. The fourth-order valence-corrected chi connectivity index (χ4v) is 7.38. The fraction of sp³-hybridized carbons (Fsp3) is 0.480. The normalized spacial score (nSPS) is 24.9. The second-order valence-corrected chi connectivity index (χ2v) is 11.3. The number of primary amides is 1. The number of carbonyl (C=O) groups is 1. The van der Waals surface area contributed by atoms with Gasteiger partial charge in [-0.2, -0.15) is 4.31 Å². The molecule has 2 unspecified atom stereocenters. The van der Waals surface area contributed by atoms with Crippen LogP contribution >= 0.6 is 0 Å². The molecule has 0 bridgehead atoms. The third kappa shape index (κ3) is 4.83. The molecular formula is C25H31FN2O4S. The highest BCUT2D eigenvalue weighted by molar-refractivity contribution is 7.89. The molecule has 4 rings (SSSR count). The number of amides is 1. The van der Waals surface area contributed by atoms with Gasteiger partial charge in [0.1, 0.15) is 11.1 Å². The van der Waals surface area contributed by atoms with Crippen molar-refractivity contribution in [2.24, 2.45) is 5.73 Å². The molecule has 2 aromatic rings. The van der Waals surface area contributed by atoms with E-state index in [0.29, 0.717) is 50.0 Å². The largest absolute Gasteiger partial charge is 0.381 e. The Morgan fingerprint density at radius 1 is 1.15 bits per heavy atom. The van der Waals surface area contributed by atoms with Gasteiger partial charge in [0.25, 0.3) is 0 Å². The standard InChI is InChI=1S/C25H31FN2O4S/c1-18-7-10-23(19-5-3-2-4-6-19)33(30,31)28(18)17-20-8-9-21(15-22(20)26)25(16-24(27)29)11-13-32-14-12-25/h2-6,8-9,15,18,23H,7,10-14,16-17H2,1H3,(H2,27,29). The number of hydrogen-bond acceptors (Lipinski definition) is 4. The molecule has 0 saturated carbocycles. The minimum atomic E-state index is -3.65. The van der Waals surface area contributed by atoms with E-state index in [1.807, 2.05) is 43.3 Å². The average Bonchev–Trinajstić information content (AvgIpc) is 2.78. The molecule has 2 atom stereocenters. The zero-order valence-corrected chi connectivity index (χ0v) is 19.7. The van der Waals surface area contributed by atoms with Gasteiger partial charge >= 0.3 is 0 Å². The Morgan fingerprint density at radius 3 is 2.48 bits per heavy atom. The lowest BCUT2D eigenvalue weighted by atomic mass is 9.71. The number of rotatable bonds is 6. The molecule has 2 aromatic carbocycles. The van der Waals surface area contributed by atoms with Gasteiger partial charge < -0.3 is 10.5 Å². The average molecular weight is 475 g/mol. The first-order valence-corrected chi connectivity index (χ1v) is 12.9. The SMILES string of the molecule is CC1CCC(c2ccccc2)S(=O)(=O)N1Cc1ccc(C2(CC(N)=O)CCOCC2)cc1F. The van der Waals surface area contributed by atoms with Gasteiger partial charge in [-0.3, -0.25) is 4.79 Å². The van der Waals surface area contributed by atoms with E-state index in [4.69, 9.17) is 10.5 Å². The second kappa shape index (κ2) is 9.52. The Kier molecular flexibility index (Phi) is 6.88. The maximum atomic E-state index is 15.3. The van der Waals surface area contributed by atoms with Crippen molar-refractivity contribution >= 4 is 15.9 Å². The van der Waals surface area contributed by atoms with E-state index >= 15 is 4.39 Å². The molecule has 2 N–H and O–H groups in total. The maximum absolute atomic E-state index is 15.3. The number of benzene rings is 2. The van der Waals surface area contributed by atoms with Crippen LogP contribution in [-0.4, -0.2) is 37.9 Å². The molecule has 2 saturated heterocycles. The van der Waals surface area contributed by atoms with Crippen molar-refractivity contribution in [2.45, 2.75) is 62.3 Å². The molecule has 0 radical (unpaired) electrons. The molecule has 178 valence electrons. The highest BCUT2D eigenvalue weighted by Crippen LogP contribution is 2.40. The van der Waals surface area contributed by atoms with E-state index < -0.39 is 32.4 Å². The summed E-state index contributed by atoms with van der Waals surface area (Å²) < 4.78 is 49.1. The van der Waals surface area contributed by atoms with Crippen LogP contribution < -0.4 is 5.73 Å². The molecule has 1 amide bonds. The van der Waals surface area contributed by atoms with Crippen LogP contribution in [0.5, 0.6) is 0 Å².